The Kier molecular flexibility index (Phi) is 7.90. The first kappa shape index (κ1) is 20.4. The van der Waals surface area contributed by atoms with E-state index in [9.17, 15) is 4.79 Å². The number of rotatable bonds is 8. The maximum absolute atomic E-state index is 11.8. The van der Waals surface area contributed by atoms with Crippen molar-refractivity contribution < 1.29 is 14.3 Å². The summed E-state index contributed by atoms with van der Waals surface area (Å²) in [6.07, 6.45) is 3.66. The lowest BCUT2D eigenvalue weighted by Gasteiger charge is -2.31. The molecule has 0 amide bonds. The fourth-order valence-electron chi connectivity index (χ4n) is 2.18. The second-order valence-corrected chi connectivity index (χ2v) is 7.91. The number of ether oxygens (including phenoxy) is 2. The van der Waals surface area contributed by atoms with Crippen LogP contribution in [0.1, 0.15) is 80.6 Å². The second kappa shape index (κ2) is 8.14. The van der Waals surface area contributed by atoms with Crippen LogP contribution in [0.25, 0.3) is 0 Å². The molecule has 1 atom stereocenters. The van der Waals surface area contributed by atoms with Gasteiger partial charge in [0.1, 0.15) is 5.60 Å². The molecule has 4 nitrogen and oxygen atoms in total. The van der Waals surface area contributed by atoms with E-state index in [4.69, 9.17) is 15.2 Å². The van der Waals surface area contributed by atoms with Gasteiger partial charge in [-0.15, -0.1) is 0 Å². The van der Waals surface area contributed by atoms with Gasteiger partial charge in [0.2, 0.25) is 0 Å². The lowest BCUT2D eigenvalue weighted by molar-refractivity contribution is -0.155. The third-order valence-corrected chi connectivity index (χ3v) is 3.13. The Balaban J connectivity index is 4.35. The summed E-state index contributed by atoms with van der Waals surface area (Å²) in [7, 11) is 0. The van der Waals surface area contributed by atoms with Gasteiger partial charge in [0.25, 0.3) is 0 Å². The van der Waals surface area contributed by atoms with Crippen LogP contribution < -0.4 is 5.73 Å². The van der Waals surface area contributed by atoms with Gasteiger partial charge in [-0.05, 0) is 60.8 Å². The summed E-state index contributed by atoms with van der Waals surface area (Å²) in [6.45, 7) is 14.5. The zero-order valence-electron chi connectivity index (χ0n) is 15.0. The van der Waals surface area contributed by atoms with Crippen LogP contribution in [0, 0.1) is 0 Å². The Morgan fingerprint density at radius 3 is 1.95 bits per heavy atom. The standard InChI is InChI=1S/C17H35NO3/c1-8-10-17(18,12-13-20-15(2,3)4)11-9-14(19)21-16(5,6)7/h8-13,18H2,1-7H3. The molecule has 0 aromatic carbocycles. The first-order valence-corrected chi connectivity index (χ1v) is 8.02. The molecule has 0 aliphatic rings. The molecule has 126 valence electrons. The van der Waals surface area contributed by atoms with Crippen LogP contribution in [0.2, 0.25) is 0 Å². The summed E-state index contributed by atoms with van der Waals surface area (Å²) in [4.78, 5) is 11.8. The highest BCUT2D eigenvalue weighted by Crippen LogP contribution is 2.23. The van der Waals surface area contributed by atoms with Crippen molar-refractivity contribution in [2.75, 3.05) is 6.61 Å². The molecular formula is C17H35NO3. The van der Waals surface area contributed by atoms with Gasteiger partial charge in [-0.1, -0.05) is 13.3 Å². The van der Waals surface area contributed by atoms with Crippen LogP contribution >= 0.6 is 0 Å². The van der Waals surface area contributed by atoms with Crippen molar-refractivity contribution in [1.29, 1.82) is 0 Å². The molecule has 2 N–H and O–H groups in total. The van der Waals surface area contributed by atoms with E-state index in [1.165, 1.54) is 0 Å². The molecule has 0 heterocycles. The molecule has 0 bridgehead atoms. The van der Waals surface area contributed by atoms with E-state index in [0.717, 1.165) is 19.3 Å². The number of hydrogen-bond donors (Lipinski definition) is 1. The highest BCUT2D eigenvalue weighted by atomic mass is 16.6. The fraction of sp³-hybridized carbons (Fsp3) is 0.941. The van der Waals surface area contributed by atoms with Crippen molar-refractivity contribution in [3.8, 4) is 0 Å². The zero-order valence-corrected chi connectivity index (χ0v) is 15.0. The maximum atomic E-state index is 11.8. The molecule has 0 spiro atoms. The topological polar surface area (TPSA) is 61.5 Å². The first-order valence-electron chi connectivity index (χ1n) is 8.02. The van der Waals surface area contributed by atoms with Crippen LogP contribution in [0.5, 0.6) is 0 Å². The molecule has 0 aromatic rings. The predicted molar refractivity (Wildman–Crippen MR) is 87.2 cm³/mol. The van der Waals surface area contributed by atoms with Crippen LogP contribution in [-0.2, 0) is 14.3 Å². The Hall–Kier alpha value is -0.610. The smallest absolute Gasteiger partial charge is 0.306 e. The highest BCUT2D eigenvalue weighted by molar-refractivity contribution is 5.69. The summed E-state index contributed by atoms with van der Waals surface area (Å²) in [5, 5.41) is 0. The number of hydrogen-bond acceptors (Lipinski definition) is 4. The summed E-state index contributed by atoms with van der Waals surface area (Å²) in [5.74, 6) is -0.176. The lowest BCUT2D eigenvalue weighted by atomic mass is 9.86. The van der Waals surface area contributed by atoms with Gasteiger partial charge in [0.15, 0.2) is 0 Å². The predicted octanol–water partition coefficient (Wildman–Crippen LogP) is 3.81. The Bertz CT molecular complexity index is 315. The normalized spacial score (nSPS) is 15.6. The molecule has 0 aliphatic heterocycles. The van der Waals surface area contributed by atoms with Crippen molar-refractivity contribution in [3.63, 3.8) is 0 Å². The maximum Gasteiger partial charge on any atom is 0.306 e. The van der Waals surface area contributed by atoms with Gasteiger partial charge >= 0.3 is 5.97 Å². The second-order valence-electron chi connectivity index (χ2n) is 7.91. The fourth-order valence-corrected chi connectivity index (χ4v) is 2.18. The van der Waals surface area contributed by atoms with E-state index >= 15 is 0 Å². The van der Waals surface area contributed by atoms with Gasteiger partial charge < -0.3 is 15.2 Å². The molecule has 4 heteroatoms. The van der Waals surface area contributed by atoms with Crippen LogP contribution in [0.4, 0.5) is 0 Å². The lowest BCUT2D eigenvalue weighted by Crippen LogP contribution is -2.42. The minimum absolute atomic E-state index is 0.154. The number of carbonyl (C=O) groups is 1. The molecule has 21 heavy (non-hydrogen) atoms. The molecule has 0 fully saturated rings. The van der Waals surface area contributed by atoms with Crippen molar-refractivity contribution >= 4 is 5.97 Å². The van der Waals surface area contributed by atoms with Crippen molar-refractivity contribution in [2.45, 2.75) is 97.3 Å². The van der Waals surface area contributed by atoms with Gasteiger partial charge in [0, 0.05) is 18.6 Å². The minimum atomic E-state index is -0.436. The Labute approximate surface area is 130 Å². The monoisotopic (exact) mass is 301 g/mol. The van der Waals surface area contributed by atoms with E-state index in [-0.39, 0.29) is 17.1 Å². The van der Waals surface area contributed by atoms with Crippen molar-refractivity contribution in [1.82, 2.24) is 0 Å². The SMILES string of the molecule is CCCC(N)(CCOC(C)(C)C)CCC(=O)OC(C)(C)C. The van der Waals surface area contributed by atoms with Gasteiger partial charge in [0.05, 0.1) is 5.60 Å². The van der Waals surface area contributed by atoms with E-state index in [0.29, 0.717) is 19.4 Å². The molecular weight excluding hydrogens is 266 g/mol. The summed E-state index contributed by atoms with van der Waals surface area (Å²) < 4.78 is 11.1. The van der Waals surface area contributed by atoms with E-state index in [1.54, 1.807) is 0 Å². The summed E-state index contributed by atoms with van der Waals surface area (Å²) in [6, 6.07) is 0. The third-order valence-electron chi connectivity index (χ3n) is 3.13. The van der Waals surface area contributed by atoms with E-state index in [2.05, 4.69) is 6.92 Å². The van der Waals surface area contributed by atoms with Gasteiger partial charge in [-0.3, -0.25) is 4.79 Å². The van der Waals surface area contributed by atoms with Crippen LogP contribution in [0.3, 0.4) is 0 Å². The first-order chi connectivity index (χ1) is 9.37. The highest BCUT2D eigenvalue weighted by Gasteiger charge is 2.27. The summed E-state index contributed by atoms with van der Waals surface area (Å²) in [5.41, 5.74) is 5.52. The molecule has 0 aromatic heterocycles. The Morgan fingerprint density at radius 2 is 1.52 bits per heavy atom. The molecule has 0 saturated heterocycles. The van der Waals surface area contributed by atoms with Gasteiger partial charge in [-0.2, -0.15) is 0 Å². The number of carbonyl (C=O) groups excluding carboxylic acids is 1. The largest absolute Gasteiger partial charge is 0.460 e. The number of nitrogens with two attached hydrogens (primary N) is 1. The third kappa shape index (κ3) is 11.7. The van der Waals surface area contributed by atoms with E-state index in [1.807, 2.05) is 41.5 Å². The average Bonchev–Trinajstić information content (AvgIpc) is 2.23. The number of esters is 1. The van der Waals surface area contributed by atoms with Crippen LogP contribution in [0.15, 0.2) is 0 Å². The quantitative estimate of drug-likeness (QED) is 0.692. The Morgan fingerprint density at radius 1 is 0.952 bits per heavy atom. The van der Waals surface area contributed by atoms with Crippen LogP contribution in [-0.4, -0.2) is 29.3 Å². The molecule has 1 unspecified atom stereocenters. The zero-order chi connectivity index (χ0) is 16.7. The average molecular weight is 301 g/mol. The molecule has 0 saturated carbocycles. The minimum Gasteiger partial charge on any atom is -0.460 e. The molecule has 0 aliphatic carbocycles. The molecule has 0 rings (SSSR count). The van der Waals surface area contributed by atoms with Crippen molar-refractivity contribution in [2.24, 2.45) is 5.73 Å². The molecule has 0 radical (unpaired) electrons. The van der Waals surface area contributed by atoms with Gasteiger partial charge in [-0.25, -0.2) is 0 Å². The summed E-state index contributed by atoms with van der Waals surface area (Å²) >= 11 is 0. The van der Waals surface area contributed by atoms with E-state index < -0.39 is 5.60 Å². The van der Waals surface area contributed by atoms with Crippen molar-refractivity contribution in [3.05, 3.63) is 0 Å².